The summed E-state index contributed by atoms with van der Waals surface area (Å²) in [5.41, 5.74) is 1.89. The second-order valence-corrected chi connectivity index (χ2v) is 8.68. The highest BCUT2D eigenvalue weighted by Gasteiger charge is 2.18. The second kappa shape index (κ2) is 11.3. The molecular formula is C22H27N3O5S. The zero-order valence-corrected chi connectivity index (χ0v) is 18.4. The molecule has 31 heavy (non-hydrogen) atoms. The number of rotatable bonds is 11. The monoisotopic (exact) mass is 445 g/mol. The summed E-state index contributed by atoms with van der Waals surface area (Å²) >= 11 is 0. The van der Waals surface area contributed by atoms with E-state index in [-0.39, 0.29) is 30.5 Å². The highest BCUT2D eigenvalue weighted by molar-refractivity contribution is 7.88. The Balaban J connectivity index is 2.01. The lowest BCUT2D eigenvalue weighted by Crippen LogP contribution is -2.29. The molecule has 1 unspecified atom stereocenters. The first-order chi connectivity index (χ1) is 14.7. The zero-order valence-electron chi connectivity index (χ0n) is 17.6. The van der Waals surface area contributed by atoms with Crippen LogP contribution in [0.4, 0.5) is 5.69 Å². The molecule has 0 fully saturated rings. The van der Waals surface area contributed by atoms with Gasteiger partial charge >= 0.3 is 0 Å². The van der Waals surface area contributed by atoms with Crippen LogP contribution < -0.4 is 20.1 Å². The Hall–Kier alpha value is -3.17. The number of methoxy groups -OCH3 is 1. The number of ether oxygens (including phenoxy) is 1. The standard InChI is InChI=1S/C22H27N3O5S/c1-4-13-23-31(28,29)15-17-5-9-19(10-6-17)25-22(27)14-21(24-16(2)26)18-7-11-20(30-3)12-8-18/h4-12,21,23H,1,13-15H2,2-3H3,(H,24,26)(H,25,27). The van der Waals surface area contributed by atoms with Gasteiger partial charge in [-0.25, -0.2) is 13.1 Å². The van der Waals surface area contributed by atoms with Gasteiger partial charge in [0.05, 0.1) is 25.3 Å². The summed E-state index contributed by atoms with van der Waals surface area (Å²) < 4.78 is 31.4. The van der Waals surface area contributed by atoms with Crippen molar-refractivity contribution >= 4 is 27.5 Å². The van der Waals surface area contributed by atoms with Crippen molar-refractivity contribution < 1.29 is 22.7 Å². The molecule has 3 N–H and O–H groups in total. The van der Waals surface area contributed by atoms with E-state index in [9.17, 15) is 18.0 Å². The first-order valence-electron chi connectivity index (χ1n) is 9.60. The minimum Gasteiger partial charge on any atom is -0.497 e. The number of hydrogen-bond acceptors (Lipinski definition) is 5. The van der Waals surface area contributed by atoms with Gasteiger partial charge in [0, 0.05) is 19.2 Å². The van der Waals surface area contributed by atoms with Gasteiger partial charge in [-0.1, -0.05) is 30.3 Å². The lowest BCUT2D eigenvalue weighted by Gasteiger charge is -2.18. The maximum absolute atomic E-state index is 12.5. The first kappa shape index (κ1) is 24.1. The number of carbonyl (C=O) groups excluding carboxylic acids is 2. The summed E-state index contributed by atoms with van der Waals surface area (Å²) in [6, 6.07) is 13.2. The molecule has 166 valence electrons. The normalized spacial score (nSPS) is 11.9. The van der Waals surface area contributed by atoms with Gasteiger partial charge in [0.15, 0.2) is 0 Å². The molecule has 8 nitrogen and oxygen atoms in total. The molecule has 0 radical (unpaired) electrons. The molecule has 0 aromatic heterocycles. The summed E-state index contributed by atoms with van der Waals surface area (Å²) in [7, 11) is -1.89. The molecule has 2 aromatic carbocycles. The Morgan fingerprint density at radius 1 is 1.10 bits per heavy atom. The Labute approximate surface area is 182 Å². The topological polar surface area (TPSA) is 114 Å². The largest absolute Gasteiger partial charge is 0.497 e. The molecule has 0 bridgehead atoms. The maximum Gasteiger partial charge on any atom is 0.226 e. The maximum atomic E-state index is 12.5. The van der Waals surface area contributed by atoms with Crippen LogP contribution in [0.2, 0.25) is 0 Å². The van der Waals surface area contributed by atoms with Crippen molar-refractivity contribution in [3.8, 4) is 5.75 Å². The number of amides is 2. The Morgan fingerprint density at radius 3 is 2.29 bits per heavy atom. The van der Waals surface area contributed by atoms with Crippen molar-refractivity contribution in [3.63, 3.8) is 0 Å². The number of anilines is 1. The van der Waals surface area contributed by atoms with Crippen LogP contribution in [0, 0.1) is 0 Å². The fraction of sp³-hybridized carbons (Fsp3) is 0.273. The molecule has 0 aliphatic carbocycles. The molecular weight excluding hydrogens is 418 g/mol. The van der Waals surface area contributed by atoms with Crippen molar-refractivity contribution in [3.05, 3.63) is 72.3 Å². The highest BCUT2D eigenvalue weighted by atomic mass is 32.2. The third-order valence-electron chi connectivity index (χ3n) is 4.33. The van der Waals surface area contributed by atoms with Crippen molar-refractivity contribution in [1.82, 2.24) is 10.0 Å². The number of hydrogen-bond donors (Lipinski definition) is 3. The van der Waals surface area contributed by atoms with Crippen molar-refractivity contribution in [2.24, 2.45) is 0 Å². The van der Waals surface area contributed by atoms with Crippen LogP contribution >= 0.6 is 0 Å². The van der Waals surface area contributed by atoms with Gasteiger partial charge < -0.3 is 15.4 Å². The van der Waals surface area contributed by atoms with Gasteiger partial charge in [0.2, 0.25) is 21.8 Å². The van der Waals surface area contributed by atoms with E-state index in [4.69, 9.17) is 4.74 Å². The van der Waals surface area contributed by atoms with Gasteiger partial charge in [-0.3, -0.25) is 9.59 Å². The van der Waals surface area contributed by atoms with Crippen LogP contribution in [0.3, 0.4) is 0 Å². The average molecular weight is 446 g/mol. The Bertz CT molecular complexity index is 1000. The molecule has 0 aliphatic heterocycles. The quantitative estimate of drug-likeness (QED) is 0.460. The summed E-state index contributed by atoms with van der Waals surface area (Å²) in [4.78, 5) is 24.1. The minimum absolute atomic E-state index is 0.0352. The highest BCUT2D eigenvalue weighted by Crippen LogP contribution is 2.21. The lowest BCUT2D eigenvalue weighted by molar-refractivity contribution is -0.120. The number of nitrogens with one attached hydrogen (secondary N) is 3. The van der Waals surface area contributed by atoms with Crippen LogP contribution in [0.1, 0.15) is 30.5 Å². The van der Waals surface area contributed by atoms with Crippen LogP contribution in [-0.4, -0.2) is 33.9 Å². The molecule has 0 saturated heterocycles. The summed E-state index contributed by atoms with van der Waals surface area (Å²) in [5, 5.41) is 5.55. The van der Waals surface area contributed by atoms with Gasteiger partial charge in [-0.05, 0) is 35.4 Å². The SMILES string of the molecule is C=CCNS(=O)(=O)Cc1ccc(NC(=O)CC(NC(C)=O)c2ccc(OC)cc2)cc1. The van der Waals surface area contributed by atoms with Gasteiger partial charge in [0.25, 0.3) is 0 Å². The summed E-state index contributed by atoms with van der Waals surface area (Å²) in [6.45, 7) is 5.04. The minimum atomic E-state index is -3.45. The van der Waals surface area contributed by atoms with Crippen molar-refractivity contribution in [1.29, 1.82) is 0 Å². The lowest BCUT2D eigenvalue weighted by atomic mass is 10.0. The number of benzene rings is 2. The van der Waals surface area contributed by atoms with E-state index < -0.39 is 16.1 Å². The summed E-state index contributed by atoms with van der Waals surface area (Å²) in [5.74, 6) is -0.0275. The molecule has 0 spiro atoms. The fourth-order valence-corrected chi connectivity index (χ4v) is 3.98. The third-order valence-corrected chi connectivity index (χ3v) is 5.65. The van der Waals surface area contributed by atoms with E-state index in [0.29, 0.717) is 17.0 Å². The molecule has 2 rings (SSSR count). The summed E-state index contributed by atoms with van der Waals surface area (Å²) in [6.07, 6.45) is 1.50. The Kier molecular flexibility index (Phi) is 8.77. The van der Waals surface area contributed by atoms with E-state index >= 15 is 0 Å². The van der Waals surface area contributed by atoms with Gasteiger partial charge in [0.1, 0.15) is 5.75 Å². The third kappa shape index (κ3) is 8.23. The van der Waals surface area contributed by atoms with Crippen LogP contribution in [0.15, 0.2) is 61.2 Å². The van der Waals surface area contributed by atoms with Crippen molar-refractivity contribution in [2.75, 3.05) is 19.0 Å². The molecule has 0 aliphatic rings. The molecule has 0 heterocycles. The van der Waals surface area contributed by atoms with E-state index in [1.165, 1.54) is 13.0 Å². The first-order valence-corrected chi connectivity index (χ1v) is 11.3. The number of carbonyl (C=O) groups is 2. The average Bonchev–Trinajstić information content (AvgIpc) is 2.73. The van der Waals surface area contributed by atoms with Gasteiger partial charge in [-0.15, -0.1) is 6.58 Å². The molecule has 1 atom stereocenters. The predicted molar refractivity (Wildman–Crippen MR) is 120 cm³/mol. The van der Waals surface area contributed by atoms with Crippen LogP contribution in [0.25, 0.3) is 0 Å². The molecule has 0 saturated carbocycles. The number of sulfonamides is 1. The zero-order chi connectivity index (χ0) is 22.9. The smallest absolute Gasteiger partial charge is 0.226 e. The van der Waals surface area contributed by atoms with E-state index in [0.717, 1.165) is 5.56 Å². The predicted octanol–water partition coefficient (Wildman–Crippen LogP) is 2.51. The molecule has 2 amide bonds. The fourth-order valence-electron chi connectivity index (χ4n) is 2.87. The van der Waals surface area contributed by atoms with E-state index in [2.05, 4.69) is 21.9 Å². The molecule has 9 heteroatoms. The van der Waals surface area contributed by atoms with Gasteiger partial charge in [-0.2, -0.15) is 0 Å². The Morgan fingerprint density at radius 2 is 1.74 bits per heavy atom. The van der Waals surface area contributed by atoms with Crippen molar-refractivity contribution in [2.45, 2.75) is 25.1 Å². The molecule has 2 aromatic rings. The van der Waals surface area contributed by atoms with E-state index in [1.54, 1.807) is 55.6 Å². The van der Waals surface area contributed by atoms with Crippen LogP contribution in [-0.2, 0) is 25.4 Å². The second-order valence-electron chi connectivity index (χ2n) is 6.87. The van der Waals surface area contributed by atoms with E-state index in [1.807, 2.05) is 0 Å². The van der Waals surface area contributed by atoms with Crippen LogP contribution in [0.5, 0.6) is 5.75 Å².